The second-order valence-corrected chi connectivity index (χ2v) is 18.9. The normalized spacial score (nSPS) is 17.0. The smallest absolute Gasteiger partial charge is 0.309 e. The van der Waals surface area contributed by atoms with Crippen LogP contribution in [0.3, 0.4) is 0 Å². The molecule has 3 rings (SSSR count). The van der Waals surface area contributed by atoms with E-state index in [1.165, 1.54) is 18.3 Å². The number of ether oxygens (including phenoxy) is 2. The van der Waals surface area contributed by atoms with E-state index in [0.29, 0.717) is 37.5 Å². The number of likely N-dealkylation sites (N-methyl/N-ethyl adjacent to an activating group) is 1. The molecule has 1 fully saturated rings. The first-order chi connectivity index (χ1) is 29.4. The molecule has 0 unspecified atom stereocenters. The second-order valence-electron chi connectivity index (χ2n) is 18.1. The van der Waals surface area contributed by atoms with Crippen LogP contribution in [-0.4, -0.2) is 114 Å². The van der Waals surface area contributed by atoms with E-state index in [1.807, 2.05) is 63.9 Å². The molecule has 14 nitrogen and oxygen atoms in total. The van der Waals surface area contributed by atoms with Crippen LogP contribution in [0.15, 0.2) is 29.6 Å². The van der Waals surface area contributed by atoms with Crippen molar-refractivity contribution in [2.24, 2.45) is 17.3 Å². The first-order valence-corrected chi connectivity index (χ1v) is 23.6. The number of benzene rings is 1. The van der Waals surface area contributed by atoms with Gasteiger partial charge >= 0.3 is 11.9 Å². The van der Waals surface area contributed by atoms with Crippen LogP contribution in [0.2, 0.25) is 0 Å². The van der Waals surface area contributed by atoms with Gasteiger partial charge < -0.3 is 35.4 Å². The number of nitrogens with zero attached hydrogens (tertiary/aromatic N) is 3. The summed E-state index contributed by atoms with van der Waals surface area (Å²) in [5.41, 5.74) is 0.844. The Morgan fingerprint density at radius 1 is 1.03 bits per heavy atom. The lowest BCUT2D eigenvalue weighted by atomic mass is 9.84. The van der Waals surface area contributed by atoms with Gasteiger partial charge in [0.05, 0.1) is 18.1 Å². The summed E-state index contributed by atoms with van der Waals surface area (Å²) in [4.78, 5) is 76.2. The molecule has 348 valence electrons. The predicted octanol–water partition coefficient (Wildman–Crippen LogP) is 7.49. The number of carbonyl (C=O) groups is 5. The maximum absolute atomic E-state index is 14.9. The number of hydrogen-bond donors (Lipinski definition) is 4. The molecule has 3 amide bonds. The van der Waals surface area contributed by atoms with Crippen LogP contribution >= 0.6 is 11.3 Å². The Balaban J connectivity index is 1.92. The van der Waals surface area contributed by atoms with Crippen LogP contribution < -0.4 is 16.0 Å². The molecule has 4 N–H and O–H groups in total. The fourth-order valence-electron chi connectivity index (χ4n) is 8.06. The van der Waals surface area contributed by atoms with Crippen LogP contribution in [0.1, 0.15) is 147 Å². The molecule has 1 aromatic heterocycles. The van der Waals surface area contributed by atoms with E-state index in [-0.39, 0.29) is 54.3 Å². The fraction of sp³-hybridized carbons (Fsp3) is 0.702. The molecule has 1 aliphatic heterocycles. The minimum Gasteiger partial charge on any atom is -0.481 e. The minimum absolute atomic E-state index is 0.0581. The third kappa shape index (κ3) is 16.2. The van der Waals surface area contributed by atoms with E-state index in [1.54, 1.807) is 26.3 Å². The number of likely N-dealkylation sites (tertiary alicyclic amines) is 1. The first-order valence-electron chi connectivity index (χ1n) is 22.7. The summed E-state index contributed by atoms with van der Waals surface area (Å²) in [5.74, 6) is -2.41. The van der Waals surface area contributed by atoms with Gasteiger partial charge in [0, 0.05) is 56.7 Å². The molecule has 15 heteroatoms. The van der Waals surface area contributed by atoms with E-state index in [2.05, 4.69) is 27.8 Å². The van der Waals surface area contributed by atoms with Crippen LogP contribution in [-0.2, 0) is 35.1 Å². The summed E-state index contributed by atoms with van der Waals surface area (Å²) in [5, 5.41) is 21.5. The number of methoxy groups -OCH3 is 1. The number of aliphatic carboxylic acids is 1. The lowest BCUT2D eigenvalue weighted by molar-refractivity contribution is -0.150. The SMILES string of the molecule is CCCCCCN(C(=O)[C@@H](NC(=O)[C@H]1CCCCN1C)[C@@H](C)CC)[C@H](C[C@@H](OC(C)=O)c1nc(C(=O)N[C@@H](Cc2ccc(NCCOC)cc2)CC(C)(C)C(=O)O)cs1)C(C)C. The van der Waals surface area contributed by atoms with Crippen LogP contribution in [0.25, 0.3) is 0 Å². The van der Waals surface area contributed by atoms with E-state index >= 15 is 0 Å². The Labute approximate surface area is 374 Å². The second kappa shape index (κ2) is 25.9. The zero-order valence-corrected chi connectivity index (χ0v) is 39.9. The maximum atomic E-state index is 14.9. The number of esters is 1. The molecule has 6 atom stereocenters. The van der Waals surface area contributed by atoms with E-state index < -0.39 is 41.4 Å². The Kier molecular flexibility index (Phi) is 21.8. The van der Waals surface area contributed by atoms with Gasteiger partial charge in [-0.2, -0.15) is 0 Å². The average molecular weight is 885 g/mol. The molecule has 0 aliphatic carbocycles. The Hall–Kier alpha value is -4.08. The Morgan fingerprint density at radius 3 is 2.34 bits per heavy atom. The summed E-state index contributed by atoms with van der Waals surface area (Å²) >= 11 is 1.20. The number of carboxylic acid groups (broad SMARTS) is 1. The predicted molar refractivity (Wildman–Crippen MR) is 245 cm³/mol. The van der Waals surface area contributed by atoms with Crippen molar-refractivity contribution in [2.75, 3.05) is 45.7 Å². The van der Waals surface area contributed by atoms with Crippen molar-refractivity contribution in [1.82, 2.24) is 25.4 Å². The number of nitrogens with one attached hydrogen (secondary N) is 3. The number of hydrogen-bond acceptors (Lipinski definition) is 11. The highest BCUT2D eigenvalue weighted by Gasteiger charge is 2.39. The highest BCUT2D eigenvalue weighted by atomic mass is 32.1. The van der Waals surface area contributed by atoms with Gasteiger partial charge in [-0.3, -0.25) is 28.9 Å². The number of unbranched alkanes of at least 4 members (excludes halogenated alkanes) is 3. The third-order valence-corrected chi connectivity index (χ3v) is 13.0. The standard InChI is InChI=1S/C47H76N6O8S/c1-11-13-14-16-25-53(45(57)41(32(5)12-2)51-43(56)38-18-15-17-24-52(38)9)39(31(3)4)28-40(61-33(6)54)44-50-37(30-62-44)42(55)49-36(29-47(7,8)46(58)59)27-34-19-21-35(22-20-34)48-23-26-60-10/h19-22,30-32,36,38-41,48H,11-18,23-29H2,1-10H3,(H,49,55)(H,51,56)(H,58,59)/t32-,36-,38+,39+,40+,41-/m0/s1. The van der Waals surface area contributed by atoms with Gasteiger partial charge in [0.15, 0.2) is 6.10 Å². The highest BCUT2D eigenvalue weighted by molar-refractivity contribution is 7.09. The molecule has 1 saturated heterocycles. The van der Waals surface area contributed by atoms with Gasteiger partial charge in [0.1, 0.15) is 16.7 Å². The van der Waals surface area contributed by atoms with Crippen molar-refractivity contribution in [3.63, 3.8) is 0 Å². The lowest BCUT2D eigenvalue weighted by Gasteiger charge is -2.40. The number of piperidine rings is 1. The lowest BCUT2D eigenvalue weighted by Crippen LogP contribution is -2.59. The molecule has 0 spiro atoms. The number of carbonyl (C=O) groups excluding carboxylic acids is 4. The molecular weight excluding hydrogens is 809 g/mol. The molecule has 62 heavy (non-hydrogen) atoms. The fourth-order valence-corrected chi connectivity index (χ4v) is 8.90. The van der Waals surface area contributed by atoms with E-state index in [0.717, 1.165) is 62.7 Å². The molecule has 1 aromatic carbocycles. The summed E-state index contributed by atoms with van der Waals surface area (Å²) in [6.07, 6.45) is 7.18. The monoisotopic (exact) mass is 885 g/mol. The summed E-state index contributed by atoms with van der Waals surface area (Å²) in [7, 11) is 3.60. The number of aromatic nitrogens is 1. The van der Waals surface area contributed by atoms with Crippen molar-refractivity contribution < 1.29 is 38.6 Å². The molecular formula is C47H76N6O8S. The van der Waals surface area contributed by atoms with Gasteiger partial charge in [0.2, 0.25) is 11.8 Å². The summed E-state index contributed by atoms with van der Waals surface area (Å²) in [6, 6.07) is 5.84. The van der Waals surface area contributed by atoms with Crippen molar-refractivity contribution in [1.29, 1.82) is 0 Å². The third-order valence-electron chi connectivity index (χ3n) is 12.1. The number of thiazole rings is 1. The zero-order valence-electron chi connectivity index (χ0n) is 39.1. The van der Waals surface area contributed by atoms with Crippen LogP contribution in [0.5, 0.6) is 0 Å². The first kappa shape index (κ1) is 52.3. The van der Waals surface area contributed by atoms with Gasteiger partial charge in [-0.25, -0.2) is 4.98 Å². The zero-order chi connectivity index (χ0) is 46.0. The molecule has 0 bridgehead atoms. The summed E-state index contributed by atoms with van der Waals surface area (Å²) < 4.78 is 11.1. The quantitative estimate of drug-likeness (QED) is 0.0516. The van der Waals surface area contributed by atoms with Gasteiger partial charge in [0.25, 0.3) is 5.91 Å². The Morgan fingerprint density at radius 2 is 1.74 bits per heavy atom. The number of carboxylic acids is 1. The van der Waals surface area contributed by atoms with Crippen LogP contribution in [0, 0.1) is 17.3 Å². The van der Waals surface area contributed by atoms with Gasteiger partial charge in [-0.05, 0) is 89.1 Å². The van der Waals surface area contributed by atoms with Crippen molar-refractivity contribution in [3.05, 3.63) is 45.9 Å². The van der Waals surface area contributed by atoms with E-state index in [4.69, 9.17) is 14.5 Å². The minimum atomic E-state index is -1.12. The highest BCUT2D eigenvalue weighted by Crippen LogP contribution is 2.32. The van der Waals surface area contributed by atoms with Gasteiger partial charge in [-0.1, -0.05) is 78.9 Å². The van der Waals surface area contributed by atoms with Crippen molar-refractivity contribution in [2.45, 2.75) is 156 Å². The van der Waals surface area contributed by atoms with Gasteiger partial charge in [-0.15, -0.1) is 11.3 Å². The van der Waals surface area contributed by atoms with Crippen LogP contribution in [0.4, 0.5) is 5.69 Å². The topological polar surface area (TPSA) is 180 Å². The molecule has 2 heterocycles. The number of anilines is 1. The number of amides is 3. The molecule has 2 aromatic rings. The number of rotatable bonds is 27. The maximum Gasteiger partial charge on any atom is 0.309 e. The Bertz CT molecular complexity index is 1720. The average Bonchev–Trinajstić information content (AvgIpc) is 3.72. The van der Waals surface area contributed by atoms with Crippen molar-refractivity contribution >= 4 is 46.7 Å². The summed E-state index contributed by atoms with van der Waals surface area (Å²) in [6.45, 7) is 17.4. The van der Waals surface area contributed by atoms with Crippen molar-refractivity contribution in [3.8, 4) is 0 Å². The largest absolute Gasteiger partial charge is 0.481 e. The molecule has 0 saturated carbocycles. The van der Waals surface area contributed by atoms with E-state index in [9.17, 15) is 29.1 Å². The molecule has 0 radical (unpaired) electrons. The molecule has 1 aliphatic rings.